The van der Waals surface area contributed by atoms with Crippen LogP contribution in [0.15, 0.2) is 0 Å². The van der Waals surface area contributed by atoms with Gasteiger partial charge in [0.15, 0.2) is 0 Å². The van der Waals surface area contributed by atoms with E-state index in [1.807, 2.05) is 0 Å². The molecule has 0 aromatic rings. The van der Waals surface area contributed by atoms with Gasteiger partial charge in [0.05, 0.1) is 13.2 Å². The van der Waals surface area contributed by atoms with E-state index in [1.165, 1.54) is 0 Å². The molecule has 4 heteroatoms. The van der Waals surface area contributed by atoms with Crippen LogP contribution in [-0.4, -0.2) is 61.6 Å². The third kappa shape index (κ3) is 4.49. The quantitative estimate of drug-likeness (QED) is 0.518. The summed E-state index contributed by atoms with van der Waals surface area (Å²) in [4.78, 5) is 16.0. The van der Waals surface area contributed by atoms with E-state index in [2.05, 4.69) is 30.7 Å². The van der Waals surface area contributed by atoms with Crippen LogP contribution in [0.5, 0.6) is 0 Å². The number of hydrogen-bond acceptors (Lipinski definition) is 4. The smallest absolute Gasteiger partial charge is 0.320 e. The topological polar surface area (TPSA) is 32.8 Å². The lowest BCUT2D eigenvalue weighted by molar-refractivity contribution is -0.145. The van der Waals surface area contributed by atoms with Crippen molar-refractivity contribution in [1.82, 2.24) is 9.80 Å². The van der Waals surface area contributed by atoms with Gasteiger partial charge in [0.1, 0.15) is 0 Å². The van der Waals surface area contributed by atoms with Crippen molar-refractivity contribution in [1.29, 1.82) is 0 Å². The lowest BCUT2D eigenvalue weighted by Crippen LogP contribution is -2.51. The Bertz CT molecular complexity index is 221. The van der Waals surface area contributed by atoms with Crippen LogP contribution in [0.25, 0.3) is 0 Å². The lowest BCUT2D eigenvalue weighted by Gasteiger charge is -2.37. The molecule has 94 valence electrons. The highest BCUT2D eigenvalue weighted by Crippen LogP contribution is 2.06. The molecule has 16 heavy (non-hydrogen) atoms. The van der Waals surface area contributed by atoms with E-state index in [4.69, 9.17) is 4.74 Å². The zero-order valence-electron chi connectivity index (χ0n) is 10.7. The van der Waals surface area contributed by atoms with E-state index in [0.29, 0.717) is 19.2 Å². The Kier molecular flexibility index (Phi) is 5.77. The van der Waals surface area contributed by atoms with Crippen molar-refractivity contribution in [3.63, 3.8) is 0 Å². The Morgan fingerprint density at radius 2 is 2.19 bits per heavy atom. The third-order valence-electron chi connectivity index (χ3n) is 3.16. The van der Waals surface area contributed by atoms with Gasteiger partial charge in [-0.2, -0.15) is 0 Å². The second kappa shape index (κ2) is 6.86. The highest BCUT2D eigenvalue weighted by Gasteiger charge is 2.22. The van der Waals surface area contributed by atoms with Crippen LogP contribution < -0.4 is 0 Å². The van der Waals surface area contributed by atoms with E-state index >= 15 is 0 Å². The SMILES string of the molecule is CCCCOC(=O)CN1CCN(C)C(C)C1. The van der Waals surface area contributed by atoms with Gasteiger partial charge in [-0.3, -0.25) is 9.69 Å². The first kappa shape index (κ1) is 13.5. The highest BCUT2D eigenvalue weighted by atomic mass is 16.5. The lowest BCUT2D eigenvalue weighted by atomic mass is 10.2. The number of rotatable bonds is 5. The molecule has 0 aliphatic carbocycles. The fourth-order valence-corrected chi connectivity index (χ4v) is 1.83. The van der Waals surface area contributed by atoms with Crippen LogP contribution in [0, 0.1) is 0 Å². The van der Waals surface area contributed by atoms with Gasteiger partial charge < -0.3 is 9.64 Å². The van der Waals surface area contributed by atoms with Gasteiger partial charge in [-0.1, -0.05) is 13.3 Å². The maximum atomic E-state index is 11.5. The molecule has 1 fully saturated rings. The standard InChI is InChI=1S/C12H24N2O2/c1-4-5-8-16-12(15)10-14-7-6-13(3)11(2)9-14/h11H,4-10H2,1-3H3. The number of unbranched alkanes of at least 4 members (excludes halogenated alkanes) is 1. The van der Waals surface area contributed by atoms with Gasteiger partial charge in [-0.15, -0.1) is 0 Å². The summed E-state index contributed by atoms with van der Waals surface area (Å²) >= 11 is 0. The van der Waals surface area contributed by atoms with Crippen LogP contribution in [0.4, 0.5) is 0 Å². The highest BCUT2D eigenvalue weighted by molar-refractivity contribution is 5.71. The third-order valence-corrected chi connectivity index (χ3v) is 3.16. The summed E-state index contributed by atoms with van der Waals surface area (Å²) in [7, 11) is 2.13. The molecule has 0 bridgehead atoms. The van der Waals surface area contributed by atoms with Crippen LogP contribution in [0.2, 0.25) is 0 Å². The molecule has 4 nitrogen and oxygen atoms in total. The molecule has 1 aliphatic rings. The van der Waals surface area contributed by atoms with Crippen molar-refractivity contribution in [3.05, 3.63) is 0 Å². The minimum absolute atomic E-state index is 0.0785. The van der Waals surface area contributed by atoms with Crippen LogP contribution in [0.1, 0.15) is 26.7 Å². The van der Waals surface area contributed by atoms with Crippen molar-refractivity contribution in [3.8, 4) is 0 Å². The maximum Gasteiger partial charge on any atom is 0.320 e. The van der Waals surface area contributed by atoms with E-state index < -0.39 is 0 Å². The molecule has 1 heterocycles. The Labute approximate surface area is 98.5 Å². The molecular weight excluding hydrogens is 204 g/mol. The second-order valence-electron chi connectivity index (χ2n) is 4.64. The molecular formula is C12H24N2O2. The van der Waals surface area contributed by atoms with Crippen molar-refractivity contribution in [2.75, 3.05) is 39.8 Å². The number of carbonyl (C=O) groups excluding carboxylic acids is 1. The second-order valence-corrected chi connectivity index (χ2v) is 4.64. The van der Waals surface area contributed by atoms with Gasteiger partial charge in [0.2, 0.25) is 0 Å². The first-order valence-electron chi connectivity index (χ1n) is 6.21. The van der Waals surface area contributed by atoms with E-state index in [-0.39, 0.29) is 5.97 Å². The summed E-state index contributed by atoms with van der Waals surface area (Å²) in [5.74, 6) is -0.0785. The van der Waals surface area contributed by atoms with Crippen LogP contribution in [-0.2, 0) is 9.53 Å². The molecule has 0 N–H and O–H groups in total. The number of likely N-dealkylation sites (N-methyl/N-ethyl adjacent to an activating group) is 1. The van der Waals surface area contributed by atoms with E-state index in [0.717, 1.165) is 32.5 Å². The molecule has 0 radical (unpaired) electrons. The monoisotopic (exact) mass is 228 g/mol. The zero-order chi connectivity index (χ0) is 12.0. The molecule has 0 amide bonds. The molecule has 1 rings (SSSR count). The maximum absolute atomic E-state index is 11.5. The van der Waals surface area contributed by atoms with Crippen LogP contribution >= 0.6 is 0 Å². The minimum atomic E-state index is -0.0785. The van der Waals surface area contributed by atoms with Gasteiger partial charge in [0.25, 0.3) is 0 Å². The predicted molar refractivity (Wildman–Crippen MR) is 64.4 cm³/mol. The average Bonchev–Trinajstić information content (AvgIpc) is 2.24. The Morgan fingerprint density at radius 1 is 1.44 bits per heavy atom. The number of esters is 1. The molecule has 0 saturated carbocycles. The first-order valence-corrected chi connectivity index (χ1v) is 6.21. The summed E-state index contributed by atoms with van der Waals surface area (Å²) in [6.45, 7) is 8.25. The van der Waals surface area contributed by atoms with E-state index in [1.54, 1.807) is 0 Å². The van der Waals surface area contributed by atoms with Crippen molar-refractivity contribution in [2.45, 2.75) is 32.7 Å². The first-order chi connectivity index (χ1) is 7.63. The summed E-state index contributed by atoms with van der Waals surface area (Å²) in [6.07, 6.45) is 2.03. The fraction of sp³-hybridized carbons (Fsp3) is 0.917. The summed E-state index contributed by atoms with van der Waals surface area (Å²) in [6, 6.07) is 0.525. The van der Waals surface area contributed by atoms with Crippen molar-refractivity contribution >= 4 is 5.97 Å². The number of ether oxygens (including phenoxy) is 1. The number of carbonyl (C=O) groups is 1. The minimum Gasteiger partial charge on any atom is -0.465 e. The normalized spacial score (nSPS) is 23.3. The molecule has 0 aromatic carbocycles. The largest absolute Gasteiger partial charge is 0.465 e. The van der Waals surface area contributed by atoms with Crippen molar-refractivity contribution in [2.24, 2.45) is 0 Å². The number of piperazine rings is 1. The Hall–Kier alpha value is -0.610. The molecule has 1 aliphatic heterocycles. The molecule has 1 atom stereocenters. The van der Waals surface area contributed by atoms with Crippen LogP contribution in [0.3, 0.4) is 0 Å². The van der Waals surface area contributed by atoms with Gasteiger partial charge in [-0.05, 0) is 20.4 Å². The summed E-state index contributed by atoms with van der Waals surface area (Å²) in [5.41, 5.74) is 0. The number of hydrogen-bond donors (Lipinski definition) is 0. The van der Waals surface area contributed by atoms with Crippen molar-refractivity contribution < 1.29 is 9.53 Å². The molecule has 0 aromatic heterocycles. The summed E-state index contributed by atoms with van der Waals surface area (Å²) < 4.78 is 5.15. The average molecular weight is 228 g/mol. The zero-order valence-corrected chi connectivity index (χ0v) is 10.7. The predicted octanol–water partition coefficient (Wildman–Crippen LogP) is 0.966. The van der Waals surface area contributed by atoms with Gasteiger partial charge >= 0.3 is 5.97 Å². The van der Waals surface area contributed by atoms with Gasteiger partial charge in [-0.25, -0.2) is 0 Å². The van der Waals surface area contributed by atoms with E-state index in [9.17, 15) is 4.79 Å². The Morgan fingerprint density at radius 3 is 2.81 bits per heavy atom. The van der Waals surface area contributed by atoms with Gasteiger partial charge in [0, 0.05) is 25.7 Å². The Balaban J connectivity index is 2.19. The fourth-order valence-electron chi connectivity index (χ4n) is 1.83. The summed E-state index contributed by atoms with van der Waals surface area (Å²) in [5, 5.41) is 0. The molecule has 1 saturated heterocycles. The molecule has 0 spiro atoms. The number of nitrogens with zero attached hydrogens (tertiary/aromatic N) is 2. The molecule has 1 unspecified atom stereocenters.